The Morgan fingerprint density at radius 3 is 2.26 bits per heavy atom. The fourth-order valence-electron chi connectivity index (χ4n) is 6.87. The monoisotopic (exact) mass is 569 g/mol. The van der Waals surface area contributed by atoms with E-state index in [0.29, 0.717) is 0 Å². The topological polar surface area (TPSA) is 42.5 Å². The first kappa shape index (κ1) is 23.2. The maximum absolute atomic E-state index is 6.62. The summed E-state index contributed by atoms with van der Waals surface area (Å²) in [6, 6.07) is 45.3. The minimum atomic E-state index is -0.295. The van der Waals surface area contributed by atoms with E-state index in [1.807, 2.05) is 23.5 Å². The zero-order chi connectivity index (χ0) is 28.1. The SMILES string of the molecule is c1ccc2cc3c(cc2c1)c1ccccc1n3C1=NC(c2cccc3c2sc2ccccc23)Nc2c1oc1ccccc21. The van der Waals surface area contributed by atoms with E-state index in [1.54, 1.807) is 0 Å². The van der Waals surface area contributed by atoms with Crippen LogP contribution in [0.25, 0.3) is 63.7 Å². The molecule has 5 heteroatoms. The molecule has 0 spiro atoms. The van der Waals surface area contributed by atoms with Gasteiger partial charge in [0, 0.05) is 41.9 Å². The summed E-state index contributed by atoms with van der Waals surface area (Å²) in [7, 11) is 0. The van der Waals surface area contributed by atoms with Crippen molar-refractivity contribution < 1.29 is 4.42 Å². The van der Waals surface area contributed by atoms with Crippen molar-refractivity contribution in [1.29, 1.82) is 0 Å². The molecule has 0 amide bonds. The van der Waals surface area contributed by atoms with Crippen molar-refractivity contribution in [3.63, 3.8) is 0 Å². The Labute approximate surface area is 250 Å². The first-order chi connectivity index (χ1) is 21.3. The highest BCUT2D eigenvalue weighted by Crippen LogP contribution is 2.44. The van der Waals surface area contributed by atoms with Gasteiger partial charge < -0.3 is 9.73 Å². The maximum atomic E-state index is 6.62. The molecule has 202 valence electrons. The van der Waals surface area contributed by atoms with Crippen LogP contribution in [0, 0.1) is 0 Å². The molecule has 1 atom stereocenters. The highest BCUT2D eigenvalue weighted by molar-refractivity contribution is 7.26. The zero-order valence-electron chi connectivity index (χ0n) is 22.9. The van der Waals surface area contributed by atoms with Crippen LogP contribution in [0.5, 0.6) is 0 Å². The van der Waals surface area contributed by atoms with Crippen LogP contribution in [-0.4, -0.2) is 10.4 Å². The van der Waals surface area contributed by atoms with E-state index in [1.165, 1.54) is 47.3 Å². The van der Waals surface area contributed by atoms with Gasteiger partial charge in [-0.05, 0) is 47.2 Å². The average molecular weight is 570 g/mol. The molecule has 0 aliphatic carbocycles. The van der Waals surface area contributed by atoms with Gasteiger partial charge in [-0.2, -0.15) is 0 Å². The van der Waals surface area contributed by atoms with Crippen molar-refractivity contribution in [2.24, 2.45) is 4.99 Å². The fraction of sp³-hybridized carbons (Fsp3) is 0.0263. The lowest BCUT2D eigenvalue weighted by atomic mass is 10.1. The summed E-state index contributed by atoms with van der Waals surface area (Å²) in [5, 5.41) is 12.2. The molecule has 9 aromatic rings. The Kier molecular flexibility index (Phi) is 4.62. The summed E-state index contributed by atoms with van der Waals surface area (Å²) in [6.07, 6.45) is -0.295. The number of rotatable bonds is 1. The lowest BCUT2D eigenvalue weighted by Crippen LogP contribution is -2.23. The first-order valence-electron chi connectivity index (χ1n) is 14.5. The standard InChI is InChI=1S/C38H23N3OS/c1-2-11-23-21-31-29(20-22(23)10-1)24-12-3-6-17-30(24)41(31)38-35-34(27-14-4-7-18-32(27)42-35)39-37(40-38)28-16-9-15-26-25-13-5-8-19-33(25)43-36(26)28/h1-21,37,39H. The number of aromatic nitrogens is 1. The lowest BCUT2D eigenvalue weighted by Gasteiger charge is -2.24. The summed E-state index contributed by atoms with van der Waals surface area (Å²) < 4.78 is 11.5. The molecule has 0 saturated carbocycles. The molecule has 1 N–H and O–H groups in total. The van der Waals surface area contributed by atoms with E-state index < -0.39 is 0 Å². The molecule has 1 aliphatic heterocycles. The smallest absolute Gasteiger partial charge is 0.194 e. The van der Waals surface area contributed by atoms with Crippen molar-refractivity contribution in [3.8, 4) is 0 Å². The summed E-state index contributed by atoms with van der Waals surface area (Å²) in [6.45, 7) is 0. The third-order valence-electron chi connectivity index (χ3n) is 8.81. The van der Waals surface area contributed by atoms with Crippen LogP contribution in [0.4, 0.5) is 5.69 Å². The molecule has 10 rings (SSSR count). The number of benzene rings is 6. The van der Waals surface area contributed by atoms with Gasteiger partial charge >= 0.3 is 0 Å². The van der Waals surface area contributed by atoms with E-state index >= 15 is 0 Å². The number of hydrogen-bond donors (Lipinski definition) is 1. The summed E-state index contributed by atoms with van der Waals surface area (Å²) in [5.41, 5.74) is 5.22. The van der Waals surface area contributed by atoms with Crippen molar-refractivity contribution in [2.75, 3.05) is 5.32 Å². The van der Waals surface area contributed by atoms with Crippen molar-refractivity contribution in [1.82, 2.24) is 4.57 Å². The number of hydrogen-bond acceptors (Lipinski definition) is 4. The van der Waals surface area contributed by atoms with Crippen LogP contribution in [0.2, 0.25) is 0 Å². The van der Waals surface area contributed by atoms with E-state index in [0.717, 1.165) is 39.3 Å². The van der Waals surface area contributed by atoms with Gasteiger partial charge in [0.25, 0.3) is 0 Å². The third kappa shape index (κ3) is 3.23. The Bertz CT molecular complexity index is 2620. The molecule has 0 radical (unpaired) electrons. The number of para-hydroxylation sites is 2. The molecular formula is C38H23N3OS. The zero-order valence-corrected chi connectivity index (χ0v) is 23.7. The van der Waals surface area contributed by atoms with Gasteiger partial charge in [0.2, 0.25) is 0 Å². The maximum Gasteiger partial charge on any atom is 0.194 e. The molecule has 1 aliphatic rings. The summed E-state index contributed by atoms with van der Waals surface area (Å²) in [5.74, 6) is 1.58. The van der Waals surface area contributed by atoms with Crippen LogP contribution in [0.3, 0.4) is 0 Å². The molecule has 3 aromatic heterocycles. The number of anilines is 1. The van der Waals surface area contributed by atoms with Gasteiger partial charge in [-0.3, -0.25) is 4.57 Å². The van der Waals surface area contributed by atoms with Crippen molar-refractivity contribution in [3.05, 3.63) is 139 Å². The number of aliphatic imine (C=N–C) groups is 1. The summed E-state index contributed by atoms with van der Waals surface area (Å²) in [4.78, 5) is 5.51. The van der Waals surface area contributed by atoms with Crippen LogP contribution in [0.15, 0.2) is 137 Å². The third-order valence-corrected chi connectivity index (χ3v) is 10.0. The molecule has 0 saturated heterocycles. The molecule has 1 unspecified atom stereocenters. The van der Waals surface area contributed by atoms with Crippen LogP contribution in [0.1, 0.15) is 17.5 Å². The van der Waals surface area contributed by atoms with Crippen molar-refractivity contribution in [2.45, 2.75) is 6.17 Å². The van der Waals surface area contributed by atoms with Gasteiger partial charge in [-0.1, -0.05) is 91.0 Å². The number of furan rings is 1. The minimum Gasteiger partial charge on any atom is -0.451 e. The van der Waals surface area contributed by atoms with Crippen LogP contribution in [-0.2, 0) is 0 Å². The van der Waals surface area contributed by atoms with Gasteiger partial charge in [0.15, 0.2) is 11.6 Å². The van der Waals surface area contributed by atoms with E-state index in [2.05, 4.69) is 125 Å². The Morgan fingerprint density at radius 1 is 0.628 bits per heavy atom. The molecular weight excluding hydrogens is 547 g/mol. The molecule has 4 heterocycles. The normalized spacial score (nSPS) is 15.1. The van der Waals surface area contributed by atoms with E-state index in [9.17, 15) is 0 Å². The quantitative estimate of drug-likeness (QED) is 0.214. The highest BCUT2D eigenvalue weighted by atomic mass is 32.1. The van der Waals surface area contributed by atoms with Gasteiger partial charge in [0.1, 0.15) is 11.7 Å². The predicted octanol–water partition coefficient (Wildman–Crippen LogP) is 10.5. The second-order valence-electron chi connectivity index (χ2n) is 11.2. The van der Waals surface area contributed by atoms with Crippen LogP contribution < -0.4 is 5.32 Å². The van der Waals surface area contributed by atoms with E-state index in [-0.39, 0.29) is 6.17 Å². The number of thiophene rings is 1. The second-order valence-corrected chi connectivity index (χ2v) is 12.2. The lowest BCUT2D eigenvalue weighted by molar-refractivity contribution is 0.595. The predicted molar refractivity (Wildman–Crippen MR) is 181 cm³/mol. The molecule has 0 bridgehead atoms. The van der Waals surface area contributed by atoms with Crippen molar-refractivity contribution >= 4 is 86.6 Å². The number of nitrogens with one attached hydrogen (secondary N) is 1. The number of fused-ring (bicyclic) bond motifs is 10. The Morgan fingerprint density at radius 2 is 1.35 bits per heavy atom. The molecule has 6 aromatic carbocycles. The molecule has 0 fully saturated rings. The molecule has 4 nitrogen and oxygen atoms in total. The highest BCUT2D eigenvalue weighted by Gasteiger charge is 2.31. The van der Waals surface area contributed by atoms with Crippen LogP contribution >= 0.6 is 11.3 Å². The first-order valence-corrected chi connectivity index (χ1v) is 15.3. The Hall–Kier alpha value is -5.39. The Balaban J connectivity index is 1.31. The molecule has 43 heavy (non-hydrogen) atoms. The van der Waals surface area contributed by atoms with E-state index in [4.69, 9.17) is 9.41 Å². The van der Waals surface area contributed by atoms with Gasteiger partial charge in [-0.25, -0.2) is 4.99 Å². The largest absolute Gasteiger partial charge is 0.451 e. The fourth-order valence-corrected chi connectivity index (χ4v) is 8.11. The van der Waals surface area contributed by atoms with Gasteiger partial charge in [0.05, 0.1) is 16.7 Å². The minimum absolute atomic E-state index is 0.295. The number of nitrogens with zero attached hydrogens (tertiary/aromatic N) is 2. The second kappa shape index (κ2) is 8.57. The summed E-state index contributed by atoms with van der Waals surface area (Å²) >= 11 is 1.83. The van der Waals surface area contributed by atoms with Gasteiger partial charge in [-0.15, -0.1) is 11.3 Å². The average Bonchev–Trinajstić information content (AvgIpc) is 3.73.